The van der Waals surface area contributed by atoms with Crippen molar-refractivity contribution < 1.29 is 9.13 Å². The molecular weight excluding hydrogens is 320 g/mol. The van der Waals surface area contributed by atoms with Gasteiger partial charge in [-0.1, -0.05) is 6.07 Å². The van der Waals surface area contributed by atoms with Gasteiger partial charge < -0.3 is 0 Å². The van der Waals surface area contributed by atoms with Gasteiger partial charge >= 0.3 is 0 Å². The van der Waals surface area contributed by atoms with Gasteiger partial charge in [-0.15, -0.1) is 0 Å². The zero-order chi connectivity index (χ0) is 13.1. The van der Waals surface area contributed by atoms with Crippen LogP contribution in [0, 0.1) is 10.1 Å². The Morgan fingerprint density at radius 2 is 2.06 bits per heavy atom. The van der Waals surface area contributed by atoms with Crippen LogP contribution in [-0.4, -0.2) is 38.6 Å². The molecule has 0 amide bonds. The first-order valence-electron chi connectivity index (χ1n) is 5.56. The lowest BCUT2D eigenvalue weighted by Crippen LogP contribution is -2.37. The van der Waals surface area contributed by atoms with Crippen molar-refractivity contribution in [1.82, 2.24) is 4.90 Å². The molecule has 0 radical (unpaired) electrons. The first kappa shape index (κ1) is 13.6. The number of rotatable bonds is 3. The lowest BCUT2D eigenvalue weighted by Gasteiger charge is -2.25. The molecule has 0 spiro atoms. The van der Waals surface area contributed by atoms with E-state index in [1.165, 1.54) is 0 Å². The summed E-state index contributed by atoms with van der Waals surface area (Å²) >= 11 is 3.17. The highest BCUT2D eigenvalue weighted by Gasteiger charge is 2.17. The molecule has 18 heavy (non-hydrogen) atoms. The van der Waals surface area contributed by atoms with Gasteiger partial charge in [0.05, 0.1) is 9.40 Å². The van der Waals surface area contributed by atoms with Gasteiger partial charge in [-0.05, 0) is 27.6 Å². The van der Waals surface area contributed by atoms with Gasteiger partial charge in [-0.2, -0.15) is 0 Å². The summed E-state index contributed by atoms with van der Waals surface area (Å²) in [5.74, 6) is 1.39. The molecule has 0 bridgehead atoms. The van der Waals surface area contributed by atoms with Crippen molar-refractivity contribution in [3.05, 3.63) is 38.3 Å². The quantitative estimate of drug-likeness (QED) is 0.626. The molecule has 1 fully saturated rings. The molecule has 1 aliphatic heterocycles. The third-order valence-corrected chi connectivity index (χ3v) is 4.83. The van der Waals surface area contributed by atoms with Gasteiger partial charge in [0, 0.05) is 48.0 Å². The molecule has 7 heteroatoms. The molecule has 0 unspecified atom stereocenters. The molecule has 5 nitrogen and oxygen atoms in total. The molecule has 1 aromatic carbocycles. The van der Waals surface area contributed by atoms with Gasteiger partial charge in [0.1, 0.15) is 0 Å². The second-order valence-corrected chi connectivity index (χ2v) is 6.72. The van der Waals surface area contributed by atoms with Crippen LogP contribution >= 0.6 is 15.9 Å². The summed E-state index contributed by atoms with van der Waals surface area (Å²) in [6, 6.07) is 5.17. The van der Waals surface area contributed by atoms with Crippen molar-refractivity contribution in [1.29, 1.82) is 0 Å². The Hall–Kier alpha value is -0.790. The smallest absolute Gasteiger partial charge is 0.283 e. The number of nitro benzene ring substituents is 1. The summed E-state index contributed by atoms with van der Waals surface area (Å²) < 4.78 is 11.7. The fraction of sp³-hybridized carbons (Fsp3) is 0.455. The molecule has 0 N–H and O–H groups in total. The molecule has 1 aliphatic rings. The van der Waals surface area contributed by atoms with E-state index >= 15 is 0 Å². The number of nitro groups is 1. The summed E-state index contributed by atoms with van der Waals surface area (Å²) in [7, 11) is -0.692. The summed E-state index contributed by atoms with van der Waals surface area (Å²) in [5, 5.41) is 10.8. The van der Waals surface area contributed by atoms with Crippen molar-refractivity contribution in [2.24, 2.45) is 0 Å². The largest absolute Gasteiger partial charge is 0.297 e. The Kier molecular flexibility index (Phi) is 4.47. The fourth-order valence-corrected chi connectivity index (χ4v) is 3.41. The van der Waals surface area contributed by atoms with Gasteiger partial charge in [0.2, 0.25) is 0 Å². The zero-order valence-corrected chi connectivity index (χ0v) is 12.1. The average Bonchev–Trinajstić information content (AvgIpc) is 2.34. The van der Waals surface area contributed by atoms with Crippen LogP contribution in [0.3, 0.4) is 0 Å². The average molecular weight is 333 g/mol. The van der Waals surface area contributed by atoms with E-state index in [0.29, 0.717) is 22.5 Å². The van der Waals surface area contributed by atoms with Crippen LogP contribution in [0.5, 0.6) is 0 Å². The molecule has 2 rings (SSSR count). The second-order valence-electron chi connectivity index (χ2n) is 4.17. The second kappa shape index (κ2) is 5.90. The first-order chi connectivity index (χ1) is 8.56. The topological polar surface area (TPSA) is 63.5 Å². The van der Waals surface area contributed by atoms with E-state index in [0.717, 1.165) is 18.7 Å². The lowest BCUT2D eigenvalue weighted by atomic mass is 10.2. The monoisotopic (exact) mass is 332 g/mol. The molecular formula is C11H13BrN2O3S. The Morgan fingerprint density at radius 1 is 1.39 bits per heavy atom. The third-order valence-electron chi connectivity index (χ3n) is 2.88. The molecule has 98 valence electrons. The summed E-state index contributed by atoms with van der Waals surface area (Å²) in [6.45, 7) is 2.25. The molecule has 1 saturated heterocycles. The van der Waals surface area contributed by atoms with Gasteiger partial charge in [0.25, 0.3) is 5.69 Å². The van der Waals surface area contributed by atoms with Crippen LogP contribution in [0.25, 0.3) is 0 Å². The highest BCUT2D eigenvalue weighted by atomic mass is 79.9. The van der Waals surface area contributed by atoms with Crippen LogP contribution in [-0.2, 0) is 17.3 Å². The van der Waals surface area contributed by atoms with Gasteiger partial charge in [-0.3, -0.25) is 19.2 Å². The minimum absolute atomic E-state index is 0.0908. The summed E-state index contributed by atoms with van der Waals surface area (Å²) in [6.07, 6.45) is 0. The number of benzene rings is 1. The van der Waals surface area contributed by atoms with Crippen molar-refractivity contribution in [3.63, 3.8) is 0 Å². The molecule has 1 heterocycles. The maximum Gasteiger partial charge on any atom is 0.283 e. The molecule has 0 aliphatic carbocycles. The minimum atomic E-state index is -0.692. The molecule has 1 aromatic rings. The summed E-state index contributed by atoms with van der Waals surface area (Å²) in [5.41, 5.74) is 1.01. The van der Waals surface area contributed by atoms with Crippen molar-refractivity contribution in [2.45, 2.75) is 6.54 Å². The van der Waals surface area contributed by atoms with Crippen molar-refractivity contribution >= 4 is 32.4 Å². The minimum Gasteiger partial charge on any atom is -0.297 e. The van der Waals surface area contributed by atoms with Crippen LogP contribution in [0.2, 0.25) is 0 Å². The normalized spacial score (nSPS) is 17.8. The van der Waals surface area contributed by atoms with Gasteiger partial charge in [0.15, 0.2) is 0 Å². The number of hydrogen-bond donors (Lipinski definition) is 0. The third kappa shape index (κ3) is 3.37. The molecule has 0 aromatic heterocycles. The van der Waals surface area contributed by atoms with E-state index in [1.54, 1.807) is 12.1 Å². The van der Waals surface area contributed by atoms with E-state index in [2.05, 4.69) is 20.8 Å². The maximum atomic E-state index is 11.2. The van der Waals surface area contributed by atoms with Crippen molar-refractivity contribution in [3.8, 4) is 0 Å². The Balaban J connectivity index is 2.07. The Bertz CT molecular complexity index is 485. The predicted octanol–water partition coefficient (Wildman–Crippen LogP) is 1.92. The van der Waals surface area contributed by atoms with Crippen LogP contribution in [0.4, 0.5) is 5.69 Å². The lowest BCUT2D eigenvalue weighted by molar-refractivity contribution is -0.385. The number of hydrogen-bond acceptors (Lipinski definition) is 4. The SMILES string of the molecule is O=[N+]([O-])c1cc(CN2CCS(=O)CC2)ccc1Br. The Labute approximate surface area is 116 Å². The first-order valence-corrected chi connectivity index (χ1v) is 7.84. The predicted molar refractivity (Wildman–Crippen MR) is 73.9 cm³/mol. The van der Waals surface area contributed by atoms with E-state index in [-0.39, 0.29) is 5.69 Å². The maximum absolute atomic E-state index is 11.2. The van der Waals surface area contributed by atoms with Crippen LogP contribution in [0.1, 0.15) is 5.56 Å². The molecule has 0 saturated carbocycles. The number of nitrogens with zero attached hydrogens (tertiary/aromatic N) is 2. The van der Waals surface area contributed by atoms with E-state index in [1.807, 2.05) is 6.07 Å². The van der Waals surface area contributed by atoms with E-state index in [9.17, 15) is 14.3 Å². The Morgan fingerprint density at radius 3 is 2.67 bits per heavy atom. The highest BCUT2D eigenvalue weighted by molar-refractivity contribution is 9.10. The van der Waals surface area contributed by atoms with E-state index < -0.39 is 15.7 Å². The van der Waals surface area contributed by atoms with Crippen molar-refractivity contribution in [2.75, 3.05) is 24.6 Å². The van der Waals surface area contributed by atoms with Crippen LogP contribution in [0.15, 0.2) is 22.7 Å². The van der Waals surface area contributed by atoms with Crippen LogP contribution < -0.4 is 0 Å². The number of halogens is 1. The standard InChI is InChI=1S/C11H13BrN2O3S/c12-10-2-1-9(7-11(10)14(15)16)8-13-3-5-18(17)6-4-13/h1-2,7H,3-6,8H2. The zero-order valence-electron chi connectivity index (χ0n) is 9.67. The van der Waals surface area contributed by atoms with E-state index in [4.69, 9.17) is 0 Å². The molecule has 0 atom stereocenters. The van der Waals surface area contributed by atoms with Gasteiger partial charge in [-0.25, -0.2) is 0 Å². The summed E-state index contributed by atoms with van der Waals surface area (Å²) in [4.78, 5) is 12.6. The fourth-order valence-electron chi connectivity index (χ4n) is 1.89. The highest BCUT2D eigenvalue weighted by Crippen LogP contribution is 2.26.